The van der Waals surface area contributed by atoms with Gasteiger partial charge in [-0.05, 0) is 38.1 Å². The van der Waals surface area contributed by atoms with Crippen molar-refractivity contribution >= 4 is 0 Å². The second-order valence-electron chi connectivity index (χ2n) is 4.29. The molecule has 0 unspecified atom stereocenters. The smallest absolute Gasteiger partial charge is 0.124 e. The van der Waals surface area contributed by atoms with E-state index >= 15 is 0 Å². The van der Waals surface area contributed by atoms with Gasteiger partial charge in [-0.1, -0.05) is 13.0 Å². The molecule has 0 bridgehead atoms. The molecule has 0 radical (unpaired) electrons. The third kappa shape index (κ3) is 4.75. The summed E-state index contributed by atoms with van der Waals surface area (Å²) in [5, 5.41) is 3.31. The summed E-state index contributed by atoms with van der Waals surface area (Å²) < 4.78 is 11.0. The van der Waals surface area contributed by atoms with Crippen molar-refractivity contribution in [1.82, 2.24) is 5.32 Å². The molecule has 0 aliphatic rings. The maximum absolute atomic E-state index is 5.63. The Hall–Kier alpha value is -1.06. The predicted octanol–water partition coefficient (Wildman–Crippen LogP) is 2.73. The fourth-order valence-electron chi connectivity index (χ4n) is 1.58. The molecule has 96 valence electrons. The second kappa shape index (κ2) is 7.30. The van der Waals surface area contributed by atoms with Crippen molar-refractivity contribution < 1.29 is 9.47 Å². The third-order valence-electron chi connectivity index (χ3n) is 2.50. The Morgan fingerprint density at radius 3 is 2.65 bits per heavy atom. The maximum atomic E-state index is 5.63. The molecule has 0 spiro atoms. The van der Waals surface area contributed by atoms with E-state index in [4.69, 9.17) is 9.47 Å². The Labute approximate surface area is 104 Å². The summed E-state index contributed by atoms with van der Waals surface area (Å²) in [5.41, 5.74) is 2.37. The van der Waals surface area contributed by atoms with Crippen LogP contribution in [0, 0.1) is 0 Å². The van der Waals surface area contributed by atoms with Crippen LogP contribution in [0.3, 0.4) is 0 Å². The molecule has 0 atom stereocenters. The van der Waals surface area contributed by atoms with Crippen molar-refractivity contribution in [1.29, 1.82) is 0 Å². The van der Waals surface area contributed by atoms with Gasteiger partial charge in [-0.25, -0.2) is 0 Å². The van der Waals surface area contributed by atoms with Crippen LogP contribution in [-0.2, 0) is 17.9 Å². The van der Waals surface area contributed by atoms with E-state index in [1.807, 2.05) is 19.9 Å². The van der Waals surface area contributed by atoms with Crippen molar-refractivity contribution in [2.75, 3.05) is 13.7 Å². The molecule has 3 heteroatoms. The molecule has 0 aliphatic carbocycles. The van der Waals surface area contributed by atoms with E-state index in [0.717, 1.165) is 24.4 Å². The highest BCUT2D eigenvalue weighted by molar-refractivity contribution is 5.36. The van der Waals surface area contributed by atoms with Crippen molar-refractivity contribution in [2.45, 2.75) is 40.0 Å². The first kappa shape index (κ1) is 14.0. The quantitative estimate of drug-likeness (QED) is 0.791. The molecule has 0 saturated carbocycles. The van der Waals surface area contributed by atoms with Crippen LogP contribution in [0.1, 0.15) is 31.9 Å². The number of nitrogens with one attached hydrogen (secondary N) is 1. The molecule has 0 aromatic heterocycles. The van der Waals surface area contributed by atoms with E-state index in [1.54, 1.807) is 7.11 Å². The Morgan fingerprint density at radius 1 is 1.29 bits per heavy atom. The summed E-state index contributed by atoms with van der Waals surface area (Å²) in [5.74, 6) is 0.894. The average Bonchev–Trinajstić information content (AvgIpc) is 2.33. The van der Waals surface area contributed by atoms with Crippen LogP contribution in [0.5, 0.6) is 5.75 Å². The highest BCUT2D eigenvalue weighted by Gasteiger charge is 2.05. The molecule has 3 nitrogen and oxygen atoms in total. The van der Waals surface area contributed by atoms with Gasteiger partial charge in [-0.15, -0.1) is 0 Å². The molecule has 0 heterocycles. The molecule has 1 N–H and O–H groups in total. The zero-order valence-corrected chi connectivity index (χ0v) is 11.2. The van der Waals surface area contributed by atoms with Gasteiger partial charge in [-0.2, -0.15) is 0 Å². The van der Waals surface area contributed by atoms with Crippen molar-refractivity contribution in [2.24, 2.45) is 0 Å². The van der Waals surface area contributed by atoms with E-state index < -0.39 is 0 Å². The van der Waals surface area contributed by atoms with Crippen LogP contribution in [0.2, 0.25) is 0 Å². The van der Waals surface area contributed by atoms with Gasteiger partial charge in [0.1, 0.15) is 5.75 Å². The number of hydrogen-bond acceptors (Lipinski definition) is 3. The van der Waals surface area contributed by atoms with Gasteiger partial charge in [0.25, 0.3) is 0 Å². The first-order valence-electron chi connectivity index (χ1n) is 6.15. The lowest BCUT2D eigenvalue weighted by Gasteiger charge is -2.13. The SMILES string of the molecule is CCNCc1ccc(OC)c(COC(C)C)c1. The first-order chi connectivity index (χ1) is 8.17. The molecular formula is C14H23NO2. The number of hydrogen-bond donors (Lipinski definition) is 1. The monoisotopic (exact) mass is 237 g/mol. The van der Waals surface area contributed by atoms with Crippen LogP contribution in [0.25, 0.3) is 0 Å². The zero-order chi connectivity index (χ0) is 12.7. The Balaban J connectivity index is 2.75. The van der Waals surface area contributed by atoms with E-state index in [0.29, 0.717) is 6.61 Å². The minimum absolute atomic E-state index is 0.233. The fourth-order valence-corrected chi connectivity index (χ4v) is 1.58. The zero-order valence-electron chi connectivity index (χ0n) is 11.2. The Bertz CT molecular complexity index is 337. The van der Waals surface area contributed by atoms with Crippen molar-refractivity contribution in [3.8, 4) is 5.75 Å². The van der Waals surface area contributed by atoms with E-state index in [2.05, 4.69) is 24.4 Å². The van der Waals surface area contributed by atoms with E-state index in [-0.39, 0.29) is 6.10 Å². The second-order valence-corrected chi connectivity index (χ2v) is 4.29. The molecule has 1 aromatic carbocycles. The van der Waals surface area contributed by atoms with Crippen LogP contribution in [0.15, 0.2) is 18.2 Å². The first-order valence-corrected chi connectivity index (χ1v) is 6.15. The average molecular weight is 237 g/mol. The lowest BCUT2D eigenvalue weighted by Crippen LogP contribution is -2.12. The van der Waals surface area contributed by atoms with Crippen LogP contribution < -0.4 is 10.1 Å². The maximum Gasteiger partial charge on any atom is 0.124 e. The summed E-state index contributed by atoms with van der Waals surface area (Å²) in [6.07, 6.45) is 0.233. The fraction of sp³-hybridized carbons (Fsp3) is 0.571. The van der Waals surface area contributed by atoms with Gasteiger partial charge in [0.05, 0.1) is 19.8 Å². The highest BCUT2D eigenvalue weighted by Crippen LogP contribution is 2.21. The van der Waals surface area contributed by atoms with Crippen LogP contribution in [-0.4, -0.2) is 19.8 Å². The van der Waals surface area contributed by atoms with Gasteiger partial charge in [0.2, 0.25) is 0 Å². The molecule has 0 amide bonds. The van der Waals surface area contributed by atoms with Crippen LogP contribution >= 0.6 is 0 Å². The van der Waals surface area contributed by atoms with Gasteiger partial charge in [-0.3, -0.25) is 0 Å². The molecular weight excluding hydrogens is 214 g/mol. The van der Waals surface area contributed by atoms with E-state index in [1.165, 1.54) is 5.56 Å². The number of benzene rings is 1. The normalized spacial score (nSPS) is 10.9. The number of methoxy groups -OCH3 is 1. The third-order valence-corrected chi connectivity index (χ3v) is 2.50. The van der Waals surface area contributed by atoms with Gasteiger partial charge in [0.15, 0.2) is 0 Å². The molecule has 1 aromatic rings. The van der Waals surface area contributed by atoms with Crippen molar-refractivity contribution in [3.63, 3.8) is 0 Å². The molecule has 1 rings (SSSR count). The minimum Gasteiger partial charge on any atom is -0.496 e. The Morgan fingerprint density at radius 2 is 2.06 bits per heavy atom. The molecule has 0 aliphatic heterocycles. The molecule has 17 heavy (non-hydrogen) atoms. The lowest BCUT2D eigenvalue weighted by molar-refractivity contribution is 0.0644. The van der Waals surface area contributed by atoms with Crippen LogP contribution in [0.4, 0.5) is 0 Å². The largest absolute Gasteiger partial charge is 0.496 e. The molecule has 0 fully saturated rings. The minimum atomic E-state index is 0.233. The summed E-state index contributed by atoms with van der Waals surface area (Å²) in [6, 6.07) is 6.23. The summed E-state index contributed by atoms with van der Waals surface area (Å²) in [6.45, 7) is 8.63. The number of ether oxygens (including phenoxy) is 2. The highest BCUT2D eigenvalue weighted by atomic mass is 16.5. The topological polar surface area (TPSA) is 30.5 Å². The van der Waals surface area contributed by atoms with Gasteiger partial charge < -0.3 is 14.8 Å². The summed E-state index contributed by atoms with van der Waals surface area (Å²) in [4.78, 5) is 0. The standard InChI is InChI=1S/C14H23NO2/c1-5-15-9-12-6-7-14(16-4)13(8-12)10-17-11(2)3/h6-8,11,15H,5,9-10H2,1-4H3. The lowest BCUT2D eigenvalue weighted by atomic mass is 10.1. The van der Waals surface area contributed by atoms with Crippen molar-refractivity contribution in [3.05, 3.63) is 29.3 Å². The summed E-state index contributed by atoms with van der Waals surface area (Å²) >= 11 is 0. The number of rotatable bonds is 7. The molecule has 0 saturated heterocycles. The predicted molar refractivity (Wildman–Crippen MR) is 70.3 cm³/mol. The Kier molecular flexibility index (Phi) is 6.01. The van der Waals surface area contributed by atoms with E-state index in [9.17, 15) is 0 Å². The van der Waals surface area contributed by atoms with Gasteiger partial charge >= 0.3 is 0 Å². The van der Waals surface area contributed by atoms with Gasteiger partial charge in [0, 0.05) is 12.1 Å². The summed E-state index contributed by atoms with van der Waals surface area (Å²) in [7, 11) is 1.69.